The van der Waals surface area contributed by atoms with Crippen LogP contribution in [0.15, 0.2) is 73.4 Å². The van der Waals surface area contributed by atoms with Gasteiger partial charge >= 0.3 is 0 Å². The summed E-state index contributed by atoms with van der Waals surface area (Å²) >= 11 is 0. The number of allylic oxidation sites excluding steroid dienone is 5. The number of benzene rings is 1. The van der Waals surface area contributed by atoms with Crippen molar-refractivity contribution < 1.29 is 0 Å². The van der Waals surface area contributed by atoms with Gasteiger partial charge in [-0.05, 0) is 69.0 Å². The van der Waals surface area contributed by atoms with E-state index >= 15 is 0 Å². The molecule has 0 bridgehead atoms. The SMILES string of the molecule is C=C.C=C/C(C)=C(\C=C/C)CCc1ccc(CC)cc1.CCNC. The molecule has 0 saturated heterocycles. The van der Waals surface area contributed by atoms with Crippen molar-refractivity contribution in [1.82, 2.24) is 5.32 Å². The van der Waals surface area contributed by atoms with Gasteiger partial charge in [-0.2, -0.15) is 0 Å². The molecule has 24 heavy (non-hydrogen) atoms. The summed E-state index contributed by atoms with van der Waals surface area (Å²) in [4.78, 5) is 0. The van der Waals surface area contributed by atoms with Crippen LogP contribution in [0.25, 0.3) is 0 Å². The van der Waals surface area contributed by atoms with Gasteiger partial charge in [0.1, 0.15) is 0 Å². The van der Waals surface area contributed by atoms with Gasteiger partial charge in [0.15, 0.2) is 0 Å². The average Bonchev–Trinajstić information content (AvgIpc) is 2.66. The molecule has 1 rings (SSSR count). The maximum Gasteiger partial charge on any atom is -0.00804 e. The molecular formula is C23H37N. The van der Waals surface area contributed by atoms with Gasteiger partial charge in [0.25, 0.3) is 0 Å². The minimum absolute atomic E-state index is 1.07. The van der Waals surface area contributed by atoms with Gasteiger partial charge in [-0.3, -0.25) is 0 Å². The van der Waals surface area contributed by atoms with Crippen LogP contribution in [-0.2, 0) is 12.8 Å². The molecule has 0 unspecified atom stereocenters. The monoisotopic (exact) mass is 327 g/mol. The molecule has 0 aliphatic heterocycles. The number of hydrogen-bond donors (Lipinski definition) is 1. The number of rotatable bonds is 7. The second kappa shape index (κ2) is 17.5. The summed E-state index contributed by atoms with van der Waals surface area (Å²) < 4.78 is 0. The van der Waals surface area contributed by atoms with Gasteiger partial charge in [-0.15, -0.1) is 13.2 Å². The molecule has 0 saturated carbocycles. The Balaban J connectivity index is 0. The Bertz CT molecular complexity index is 475. The largest absolute Gasteiger partial charge is 0.320 e. The molecule has 0 spiro atoms. The lowest BCUT2D eigenvalue weighted by Crippen LogP contribution is -2.01. The molecule has 1 nitrogen and oxygen atoms in total. The third-order valence-electron chi connectivity index (χ3n) is 3.65. The predicted molar refractivity (Wildman–Crippen MR) is 113 cm³/mol. The van der Waals surface area contributed by atoms with Crippen LogP contribution in [0.1, 0.15) is 45.2 Å². The maximum absolute atomic E-state index is 3.85. The molecule has 0 aliphatic carbocycles. The van der Waals surface area contributed by atoms with Crippen LogP contribution >= 0.6 is 0 Å². The Morgan fingerprint density at radius 2 is 1.58 bits per heavy atom. The molecule has 0 fully saturated rings. The van der Waals surface area contributed by atoms with Crippen molar-refractivity contribution in [2.45, 2.75) is 47.0 Å². The Hall–Kier alpha value is -1.86. The van der Waals surface area contributed by atoms with Gasteiger partial charge in [0.2, 0.25) is 0 Å². The first kappa shape index (κ1) is 24.4. The first-order chi connectivity index (χ1) is 11.6. The molecule has 0 radical (unpaired) electrons. The molecule has 0 amide bonds. The Morgan fingerprint density at radius 3 is 1.96 bits per heavy atom. The molecular weight excluding hydrogens is 290 g/mol. The molecule has 0 atom stereocenters. The van der Waals surface area contributed by atoms with Crippen LogP contribution in [0, 0.1) is 0 Å². The quantitative estimate of drug-likeness (QED) is 0.458. The van der Waals surface area contributed by atoms with E-state index in [-0.39, 0.29) is 0 Å². The highest BCUT2D eigenvalue weighted by Gasteiger charge is 1.99. The lowest BCUT2D eigenvalue weighted by Gasteiger charge is -2.06. The van der Waals surface area contributed by atoms with Crippen LogP contribution in [0.2, 0.25) is 0 Å². The van der Waals surface area contributed by atoms with Gasteiger partial charge in [0, 0.05) is 0 Å². The minimum Gasteiger partial charge on any atom is -0.320 e. The van der Waals surface area contributed by atoms with E-state index in [0.717, 1.165) is 25.8 Å². The fourth-order valence-electron chi connectivity index (χ4n) is 1.96. The van der Waals surface area contributed by atoms with Gasteiger partial charge in [0.05, 0.1) is 0 Å². The van der Waals surface area contributed by atoms with E-state index in [0.29, 0.717) is 0 Å². The molecule has 1 aromatic carbocycles. The van der Waals surface area contributed by atoms with Crippen LogP contribution in [0.3, 0.4) is 0 Å². The normalized spacial score (nSPS) is 10.9. The Morgan fingerprint density at radius 1 is 1.08 bits per heavy atom. The molecule has 0 aromatic heterocycles. The topological polar surface area (TPSA) is 12.0 Å². The van der Waals surface area contributed by atoms with Gasteiger partial charge < -0.3 is 5.32 Å². The van der Waals surface area contributed by atoms with Crippen LogP contribution in [0.4, 0.5) is 0 Å². The smallest absolute Gasteiger partial charge is 0.00804 e. The summed E-state index contributed by atoms with van der Waals surface area (Å²) in [5.41, 5.74) is 5.47. The van der Waals surface area contributed by atoms with Crippen molar-refractivity contribution in [2.75, 3.05) is 13.6 Å². The lowest BCUT2D eigenvalue weighted by molar-refractivity contribution is 0.864. The standard InChI is InChI=1S/C18H24.C3H9N.C2H4/c1-5-8-18(15(4)6-2)14-13-17-11-9-16(7-3)10-12-17;1-3-4-2;1-2/h5-6,8-12H,2,7,13-14H2,1,3-4H3;4H,3H2,1-2H3;1-2H2/b8-5-,18-15+;;. The van der Waals surface area contributed by atoms with Crippen molar-refractivity contribution in [3.05, 3.63) is 84.5 Å². The highest BCUT2D eigenvalue weighted by Crippen LogP contribution is 2.16. The van der Waals surface area contributed by atoms with Crippen molar-refractivity contribution >= 4 is 0 Å². The fourth-order valence-corrected chi connectivity index (χ4v) is 1.96. The number of nitrogens with one attached hydrogen (secondary N) is 1. The van der Waals surface area contributed by atoms with E-state index in [9.17, 15) is 0 Å². The highest BCUT2D eigenvalue weighted by molar-refractivity contribution is 5.32. The second-order valence-corrected chi connectivity index (χ2v) is 5.29. The first-order valence-corrected chi connectivity index (χ1v) is 8.80. The Labute approximate surface area is 150 Å². The fraction of sp³-hybridized carbons (Fsp3) is 0.391. The second-order valence-electron chi connectivity index (χ2n) is 5.29. The lowest BCUT2D eigenvalue weighted by atomic mass is 9.99. The van der Waals surface area contributed by atoms with E-state index in [1.807, 2.05) is 13.1 Å². The van der Waals surface area contributed by atoms with Crippen LogP contribution in [-0.4, -0.2) is 13.6 Å². The van der Waals surface area contributed by atoms with E-state index < -0.39 is 0 Å². The third kappa shape index (κ3) is 11.7. The summed E-state index contributed by atoms with van der Waals surface area (Å²) in [6.07, 6.45) is 9.51. The Kier molecular flexibility index (Phi) is 17.8. The molecule has 0 heterocycles. The molecule has 1 N–H and O–H groups in total. The van der Waals surface area contributed by atoms with Crippen molar-refractivity contribution in [1.29, 1.82) is 0 Å². The van der Waals surface area contributed by atoms with Crippen molar-refractivity contribution in [3.63, 3.8) is 0 Å². The molecule has 134 valence electrons. The van der Waals surface area contributed by atoms with E-state index in [1.54, 1.807) is 0 Å². The molecule has 0 aliphatic rings. The molecule has 1 aromatic rings. The minimum atomic E-state index is 1.07. The van der Waals surface area contributed by atoms with Gasteiger partial charge in [-0.25, -0.2) is 0 Å². The predicted octanol–water partition coefficient (Wildman–Crippen LogP) is 6.29. The highest BCUT2D eigenvalue weighted by atomic mass is 14.8. The van der Waals surface area contributed by atoms with Crippen LogP contribution in [0.5, 0.6) is 0 Å². The molecule has 1 heteroatoms. The summed E-state index contributed by atoms with van der Waals surface area (Å²) in [6, 6.07) is 8.95. The van der Waals surface area contributed by atoms with Crippen molar-refractivity contribution in [2.24, 2.45) is 0 Å². The number of hydrogen-bond acceptors (Lipinski definition) is 1. The third-order valence-corrected chi connectivity index (χ3v) is 3.65. The van der Waals surface area contributed by atoms with Gasteiger partial charge in [-0.1, -0.05) is 62.9 Å². The van der Waals surface area contributed by atoms with Crippen molar-refractivity contribution in [3.8, 4) is 0 Å². The summed E-state index contributed by atoms with van der Waals surface area (Å²) in [7, 11) is 1.93. The zero-order chi connectivity index (χ0) is 18.8. The van der Waals surface area contributed by atoms with Crippen LogP contribution < -0.4 is 5.32 Å². The summed E-state index contributed by atoms with van der Waals surface area (Å²) in [5.74, 6) is 0. The van der Waals surface area contributed by atoms with E-state index in [2.05, 4.69) is 89.2 Å². The zero-order valence-electron chi connectivity index (χ0n) is 16.5. The zero-order valence-corrected chi connectivity index (χ0v) is 16.5. The van der Waals surface area contributed by atoms with E-state index in [4.69, 9.17) is 0 Å². The first-order valence-electron chi connectivity index (χ1n) is 8.80. The average molecular weight is 328 g/mol. The number of aryl methyl sites for hydroxylation is 2. The van der Waals surface area contributed by atoms with E-state index in [1.165, 1.54) is 22.3 Å². The summed E-state index contributed by atoms with van der Waals surface area (Å²) in [6.45, 7) is 19.4. The maximum atomic E-state index is 3.85. The summed E-state index contributed by atoms with van der Waals surface area (Å²) in [5, 5.41) is 2.93.